The molecular formula is C12H14O. The third-order valence-electron chi connectivity index (χ3n) is 2.26. The second kappa shape index (κ2) is 4.24. The van der Waals surface area contributed by atoms with Crippen LogP contribution in [0.4, 0.5) is 0 Å². The lowest BCUT2D eigenvalue weighted by molar-refractivity contribution is 0.149. The van der Waals surface area contributed by atoms with E-state index in [2.05, 4.69) is 36.4 Å². The average molecular weight is 174 g/mol. The van der Waals surface area contributed by atoms with Crippen molar-refractivity contribution in [3.8, 4) is 0 Å². The summed E-state index contributed by atoms with van der Waals surface area (Å²) in [5.41, 5.74) is 2.79. The second-order valence-corrected chi connectivity index (χ2v) is 3.37. The molecule has 0 N–H and O–H groups in total. The van der Waals surface area contributed by atoms with Crippen molar-refractivity contribution < 1.29 is 4.74 Å². The van der Waals surface area contributed by atoms with E-state index in [0.717, 1.165) is 26.1 Å². The Balaban J connectivity index is 2.01. The zero-order valence-corrected chi connectivity index (χ0v) is 7.70. The van der Waals surface area contributed by atoms with Gasteiger partial charge in [0.2, 0.25) is 0 Å². The number of benzene rings is 1. The maximum atomic E-state index is 5.39. The normalized spacial score (nSPS) is 16.8. The predicted molar refractivity (Wildman–Crippen MR) is 53.7 cm³/mol. The van der Waals surface area contributed by atoms with E-state index in [4.69, 9.17) is 4.74 Å². The summed E-state index contributed by atoms with van der Waals surface area (Å²) >= 11 is 0. The van der Waals surface area contributed by atoms with Crippen LogP contribution in [0.5, 0.6) is 0 Å². The summed E-state index contributed by atoms with van der Waals surface area (Å²) in [6.45, 7) is 1.70. The van der Waals surface area contributed by atoms with Crippen molar-refractivity contribution in [1.82, 2.24) is 0 Å². The van der Waals surface area contributed by atoms with Gasteiger partial charge in [-0.15, -0.1) is 0 Å². The van der Waals surface area contributed by atoms with Crippen LogP contribution in [-0.2, 0) is 11.2 Å². The van der Waals surface area contributed by atoms with Crippen LogP contribution in [0.25, 0.3) is 0 Å². The van der Waals surface area contributed by atoms with E-state index in [1.807, 2.05) is 0 Å². The minimum Gasteiger partial charge on any atom is -0.377 e. The quantitative estimate of drug-likeness (QED) is 0.626. The van der Waals surface area contributed by atoms with E-state index in [1.165, 1.54) is 11.1 Å². The van der Waals surface area contributed by atoms with Crippen LogP contribution in [0, 0.1) is 0 Å². The van der Waals surface area contributed by atoms with Gasteiger partial charge in [0.1, 0.15) is 0 Å². The van der Waals surface area contributed by atoms with Crippen LogP contribution >= 0.6 is 0 Å². The van der Waals surface area contributed by atoms with Crippen LogP contribution in [-0.4, -0.2) is 13.2 Å². The van der Waals surface area contributed by atoms with Gasteiger partial charge in [-0.1, -0.05) is 36.4 Å². The highest BCUT2D eigenvalue weighted by Gasteiger charge is 2.03. The SMILES string of the molecule is C1=C(Cc2ccccc2)COCC1. The Bertz CT molecular complexity index is 287. The minimum atomic E-state index is 0.814. The molecule has 0 atom stereocenters. The molecule has 0 saturated carbocycles. The monoisotopic (exact) mass is 174 g/mol. The van der Waals surface area contributed by atoms with Crippen molar-refractivity contribution in [3.63, 3.8) is 0 Å². The van der Waals surface area contributed by atoms with Gasteiger partial charge in [-0.25, -0.2) is 0 Å². The smallest absolute Gasteiger partial charge is 0.0680 e. The Hall–Kier alpha value is -1.08. The van der Waals surface area contributed by atoms with E-state index >= 15 is 0 Å². The Kier molecular flexibility index (Phi) is 2.78. The third kappa shape index (κ3) is 2.43. The zero-order valence-electron chi connectivity index (χ0n) is 7.70. The molecule has 0 aliphatic carbocycles. The van der Waals surface area contributed by atoms with Gasteiger partial charge in [-0.05, 0) is 24.0 Å². The molecule has 0 fully saturated rings. The molecule has 13 heavy (non-hydrogen) atoms. The molecule has 0 bridgehead atoms. The number of rotatable bonds is 2. The lowest BCUT2D eigenvalue weighted by atomic mass is 10.0. The first-order valence-electron chi connectivity index (χ1n) is 4.75. The molecule has 1 aliphatic heterocycles. The Morgan fingerprint density at radius 1 is 1.15 bits per heavy atom. The van der Waals surface area contributed by atoms with Crippen LogP contribution < -0.4 is 0 Å². The average Bonchev–Trinajstić information content (AvgIpc) is 2.21. The first-order valence-corrected chi connectivity index (χ1v) is 4.75. The Morgan fingerprint density at radius 2 is 2.00 bits per heavy atom. The summed E-state index contributed by atoms with van der Waals surface area (Å²) in [5.74, 6) is 0. The van der Waals surface area contributed by atoms with Crippen LogP contribution in [0.2, 0.25) is 0 Å². The molecule has 1 heterocycles. The molecule has 0 unspecified atom stereocenters. The summed E-state index contributed by atoms with van der Waals surface area (Å²) in [4.78, 5) is 0. The van der Waals surface area contributed by atoms with Crippen molar-refractivity contribution in [1.29, 1.82) is 0 Å². The Morgan fingerprint density at radius 3 is 2.69 bits per heavy atom. The molecule has 2 rings (SSSR count). The van der Waals surface area contributed by atoms with E-state index in [-0.39, 0.29) is 0 Å². The van der Waals surface area contributed by atoms with Crippen molar-refractivity contribution in [2.24, 2.45) is 0 Å². The molecule has 1 heteroatoms. The third-order valence-corrected chi connectivity index (χ3v) is 2.26. The van der Waals surface area contributed by atoms with Crippen LogP contribution in [0.1, 0.15) is 12.0 Å². The first-order chi connectivity index (χ1) is 6.45. The molecule has 0 spiro atoms. The van der Waals surface area contributed by atoms with E-state index < -0.39 is 0 Å². The highest BCUT2D eigenvalue weighted by atomic mass is 16.5. The predicted octanol–water partition coefficient (Wildman–Crippen LogP) is 2.58. The van der Waals surface area contributed by atoms with Gasteiger partial charge in [0.25, 0.3) is 0 Å². The molecule has 0 amide bonds. The molecule has 0 aromatic heterocycles. The summed E-state index contributed by atoms with van der Waals surface area (Å²) in [6.07, 6.45) is 4.42. The molecule has 0 radical (unpaired) electrons. The maximum Gasteiger partial charge on any atom is 0.0680 e. The summed E-state index contributed by atoms with van der Waals surface area (Å²) in [6, 6.07) is 10.5. The van der Waals surface area contributed by atoms with E-state index in [0.29, 0.717) is 0 Å². The fraction of sp³-hybridized carbons (Fsp3) is 0.333. The molecular weight excluding hydrogens is 160 g/mol. The second-order valence-electron chi connectivity index (χ2n) is 3.37. The first kappa shape index (κ1) is 8.52. The number of ether oxygens (including phenoxy) is 1. The molecule has 68 valence electrons. The van der Waals surface area contributed by atoms with E-state index in [1.54, 1.807) is 0 Å². The lowest BCUT2D eigenvalue weighted by Gasteiger charge is -2.13. The molecule has 1 aliphatic rings. The molecule has 1 aromatic rings. The number of hydrogen-bond acceptors (Lipinski definition) is 1. The highest BCUT2D eigenvalue weighted by molar-refractivity contribution is 5.22. The summed E-state index contributed by atoms with van der Waals surface area (Å²) in [5, 5.41) is 0. The van der Waals surface area contributed by atoms with Gasteiger partial charge in [0.15, 0.2) is 0 Å². The van der Waals surface area contributed by atoms with Gasteiger partial charge >= 0.3 is 0 Å². The van der Waals surface area contributed by atoms with Gasteiger partial charge in [-0.3, -0.25) is 0 Å². The van der Waals surface area contributed by atoms with Crippen molar-refractivity contribution in [3.05, 3.63) is 47.5 Å². The van der Waals surface area contributed by atoms with Crippen LogP contribution in [0.3, 0.4) is 0 Å². The van der Waals surface area contributed by atoms with E-state index in [9.17, 15) is 0 Å². The summed E-state index contributed by atoms with van der Waals surface area (Å²) < 4.78 is 5.39. The van der Waals surface area contributed by atoms with Crippen molar-refractivity contribution in [2.75, 3.05) is 13.2 Å². The fourth-order valence-electron chi connectivity index (χ4n) is 1.59. The highest BCUT2D eigenvalue weighted by Crippen LogP contribution is 2.12. The number of hydrogen-bond donors (Lipinski definition) is 0. The van der Waals surface area contributed by atoms with Gasteiger partial charge in [-0.2, -0.15) is 0 Å². The van der Waals surface area contributed by atoms with Crippen molar-refractivity contribution in [2.45, 2.75) is 12.8 Å². The molecule has 1 nitrogen and oxygen atoms in total. The standard InChI is InChI=1S/C12H14O/c1-2-5-11(6-3-1)9-12-7-4-8-13-10-12/h1-3,5-7H,4,8-10H2. The zero-order chi connectivity index (χ0) is 8.93. The summed E-state index contributed by atoms with van der Waals surface area (Å²) in [7, 11) is 0. The molecule has 0 saturated heterocycles. The lowest BCUT2D eigenvalue weighted by Crippen LogP contribution is -2.07. The van der Waals surface area contributed by atoms with Gasteiger partial charge in [0, 0.05) is 0 Å². The van der Waals surface area contributed by atoms with Gasteiger partial charge in [0.05, 0.1) is 13.2 Å². The molecule has 1 aromatic carbocycles. The largest absolute Gasteiger partial charge is 0.377 e. The fourth-order valence-corrected chi connectivity index (χ4v) is 1.59. The minimum absolute atomic E-state index is 0.814. The Labute approximate surface area is 79.0 Å². The van der Waals surface area contributed by atoms with Gasteiger partial charge < -0.3 is 4.74 Å². The topological polar surface area (TPSA) is 9.23 Å². The van der Waals surface area contributed by atoms with Crippen molar-refractivity contribution >= 4 is 0 Å². The van der Waals surface area contributed by atoms with Crippen LogP contribution in [0.15, 0.2) is 42.0 Å². The maximum absolute atomic E-state index is 5.39.